The minimum atomic E-state index is 0.438. The highest BCUT2D eigenvalue weighted by molar-refractivity contribution is 7.80. The zero-order valence-corrected chi connectivity index (χ0v) is 11.1. The molecule has 0 bridgehead atoms. The number of aryl methyl sites for hydroxylation is 3. The fourth-order valence-electron chi connectivity index (χ4n) is 2.70. The Morgan fingerprint density at radius 2 is 1.94 bits per heavy atom. The van der Waals surface area contributed by atoms with Crippen molar-refractivity contribution in [1.82, 2.24) is 4.98 Å². The summed E-state index contributed by atoms with van der Waals surface area (Å²) in [7, 11) is 0. The zero-order chi connectivity index (χ0) is 12.7. The molecule has 18 heavy (non-hydrogen) atoms. The summed E-state index contributed by atoms with van der Waals surface area (Å²) in [6, 6.07) is 8.47. The van der Waals surface area contributed by atoms with Gasteiger partial charge in [0.25, 0.3) is 0 Å². The van der Waals surface area contributed by atoms with Crippen LogP contribution in [0.1, 0.15) is 22.4 Å². The Morgan fingerprint density at radius 3 is 2.72 bits per heavy atom. The Hall–Kier alpha value is -1.74. The molecule has 0 unspecified atom stereocenters. The van der Waals surface area contributed by atoms with E-state index in [1.54, 1.807) is 0 Å². The van der Waals surface area contributed by atoms with Crippen molar-refractivity contribution in [2.24, 2.45) is 5.73 Å². The Labute approximate surface area is 112 Å². The Bertz CT molecular complexity index is 647. The molecule has 90 valence electrons. The van der Waals surface area contributed by atoms with E-state index in [0.717, 1.165) is 24.1 Å². The normalized spacial score (nSPS) is 12.7. The minimum absolute atomic E-state index is 0.438. The van der Waals surface area contributed by atoms with Gasteiger partial charge < -0.3 is 5.73 Å². The van der Waals surface area contributed by atoms with Crippen LogP contribution < -0.4 is 5.73 Å². The molecule has 0 saturated heterocycles. The van der Waals surface area contributed by atoms with Crippen molar-refractivity contribution in [3.8, 4) is 11.1 Å². The molecule has 2 aromatic rings. The molecule has 1 aliphatic rings. The highest BCUT2D eigenvalue weighted by Gasteiger charge is 2.21. The maximum absolute atomic E-state index is 5.89. The van der Waals surface area contributed by atoms with Gasteiger partial charge in [0, 0.05) is 17.5 Å². The highest BCUT2D eigenvalue weighted by Crippen LogP contribution is 2.36. The summed E-state index contributed by atoms with van der Waals surface area (Å²) in [6.07, 6.45) is 4.03. The molecule has 1 aromatic heterocycles. The van der Waals surface area contributed by atoms with Crippen LogP contribution in [0.25, 0.3) is 11.1 Å². The number of nitrogens with two attached hydrogens (primary N) is 1. The van der Waals surface area contributed by atoms with Crippen molar-refractivity contribution in [3.63, 3.8) is 0 Å². The average Bonchev–Trinajstić information content (AvgIpc) is 2.38. The van der Waals surface area contributed by atoms with E-state index in [2.05, 4.69) is 29.2 Å². The number of nitrogens with zero attached hydrogens (tertiary/aromatic N) is 1. The quantitative estimate of drug-likeness (QED) is 0.795. The van der Waals surface area contributed by atoms with Gasteiger partial charge in [-0.05, 0) is 42.0 Å². The van der Waals surface area contributed by atoms with Crippen LogP contribution in [0.15, 0.2) is 30.5 Å². The first-order valence-corrected chi connectivity index (χ1v) is 6.46. The van der Waals surface area contributed by atoms with E-state index < -0.39 is 0 Å². The number of pyridine rings is 1. The van der Waals surface area contributed by atoms with E-state index in [4.69, 9.17) is 18.0 Å². The predicted molar refractivity (Wildman–Crippen MR) is 77.7 cm³/mol. The Balaban J connectivity index is 2.37. The van der Waals surface area contributed by atoms with E-state index in [-0.39, 0.29) is 0 Å². The molecule has 3 rings (SSSR count). The van der Waals surface area contributed by atoms with Gasteiger partial charge in [0.1, 0.15) is 4.99 Å². The van der Waals surface area contributed by atoms with Gasteiger partial charge in [-0.15, -0.1) is 0 Å². The summed E-state index contributed by atoms with van der Waals surface area (Å²) < 4.78 is 0. The molecule has 0 fully saturated rings. The van der Waals surface area contributed by atoms with E-state index in [9.17, 15) is 0 Å². The first-order valence-electron chi connectivity index (χ1n) is 6.05. The van der Waals surface area contributed by atoms with Crippen LogP contribution in [0.4, 0.5) is 0 Å². The number of fused-ring (bicyclic) bond motifs is 3. The number of benzene rings is 1. The third-order valence-electron chi connectivity index (χ3n) is 3.54. The van der Waals surface area contributed by atoms with E-state index in [0.29, 0.717) is 4.99 Å². The molecule has 1 aliphatic carbocycles. The lowest BCUT2D eigenvalue weighted by molar-refractivity contribution is 0.925. The molecule has 3 heteroatoms. The molecule has 0 radical (unpaired) electrons. The van der Waals surface area contributed by atoms with E-state index in [1.807, 2.05) is 13.1 Å². The summed E-state index contributed by atoms with van der Waals surface area (Å²) in [4.78, 5) is 4.86. The molecule has 2 nitrogen and oxygen atoms in total. The van der Waals surface area contributed by atoms with Crippen LogP contribution in [-0.2, 0) is 12.8 Å². The lowest BCUT2D eigenvalue weighted by Gasteiger charge is -2.23. The Kier molecular flexibility index (Phi) is 2.63. The summed E-state index contributed by atoms with van der Waals surface area (Å²) >= 11 is 5.20. The van der Waals surface area contributed by atoms with Crippen LogP contribution in [0.5, 0.6) is 0 Å². The van der Waals surface area contributed by atoms with Crippen LogP contribution >= 0.6 is 12.2 Å². The van der Waals surface area contributed by atoms with Crippen molar-refractivity contribution in [1.29, 1.82) is 0 Å². The molecular formula is C15H14N2S. The lowest BCUT2D eigenvalue weighted by atomic mass is 9.83. The third-order valence-corrected chi connectivity index (χ3v) is 3.75. The number of hydrogen-bond acceptors (Lipinski definition) is 2. The average molecular weight is 254 g/mol. The van der Waals surface area contributed by atoms with Gasteiger partial charge in [-0.2, -0.15) is 0 Å². The molecule has 0 atom stereocenters. The monoisotopic (exact) mass is 254 g/mol. The first kappa shape index (κ1) is 11.4. The molecule has 2 N–H and O–H groups in total. The van der Waals surface area contributed by atoms with Gasteiger partial charge >= 0.3 is 0 Å². The Morgan fingerprint density at radius 1 is 1.22 bits per heavy atom. The van der Waals surface area contributed by atoms with Crippen LogP contribution in [0, 0.1) is 6.92 Å². The maximum atomic E-state index is 5.89. The van der Waals surface area contributed by atoms with Crippen molar-refractivity contribution in [2.75, 3.05) is 0 Å². The molecule has 0 spiro atoms. The number of aromatic nitrogens is 1. The molecule has 0 amide bonds. The molecule has 1 heterocycles. The number of thiocarbonyl (C=S) groups is 1. The summed E-state index contributed by atoms with van der Waals surface area (Å²) in [5.41, 5.74) is 12.8. The van der Waals surface area contributed by atoms with Crippen molar-refractivity contribution in [3.05, 3.63) is 52.8 Å². The standard InChI is InChI=1S/C15H14N2S/c1-9-13(15(16)18)14-11(8-17-9)7-6-10-4-2-3-5-12(10)14/h2-5,8H,6-7H2,1H3,(H2,16,18). The maximum Gasteiger partial charge on any atom is 0.106 e. The molecule has 1 aromatic carbocycles. The number of hydrogen-bond donors (Lipinski definition) is 1. The van der Waals surface area contributed by atoms with Crippen molar-refractivity contribution >= 4 is 17.2 Å². The second-order valence-corrected chi connectivity index (χ2v) is 5.08. The van der Waals surface area contributed by atoms with E-state index in [1.165, 1.54) is 22.3 Å². The topological polar surface area (TPSA) is 38.9 Å². The SMILES string of the molecule is Cc1ncc2c(c1C(N)=S)-c1ccccc1CC2. The molecule has 0 saturated carbocycles. The van der Waals surface area contributed by atoms with Crippen molar-refractivity contribution < 1.29 is 0 Å². The van der Waals surface area contributed by atoms with Crippen LogP contribution in [0.2, 0.25) is 0 Å². The van der Waals surface area contributed by atoms with Crippen molar-refractivity contribution in [2.45, 2.75) is 19.8 Å². The van der Waals surface area contributed by atoms with Crippen LogP contribution in [0.3, 0.4) is 0 Å². The zero-order valence-electron chi connectivity index (χ0n) is 10.2. The largest absolute Gasteiger partial charge is 0.389 e. The van der Waals surface area contributed by atoms with Gasteiger partial charge in [0.15, 0.2) is 0 Å². The molecule has 0 aliphatic heterocycles. The van der Waals surface area contributed by atoms with Gasteiger partial charge in [-0.3, -0.25) is 4.98 Å². The van der Waals surface area contributed by atoms with Gasteiger partial charge in [-0.1, -0.05) is 36.5 Å². The van der Waals surface area contributed by atoms with Crippen LogP contribution in [-0.4, -0.2) is 9.97 Å². The highest BCUT2D eigenvalue weighted by atomic mass is 32.1. The minimum Gasteiger partial charge on any atom is -0.389 e. The first-order chi connectivity index (χ1) is 8.68. The fraction of sp³-hybridized carbons (Fsp3) is 0.200. The van der Waals surface area contributed by atoms with Gasteiger partial charge in [0.05, 0.1) is 0 Å². The number of rotatable bonds is 1. The summed E-state index contributed by atoms with van der Waals surface area (Å²) in [5, 5.41) is 0. The molecular weight excluding hydrogens is 240 g/mol. The summed E-state index contributed by atoms with van der Waals surface area (Å²) in [5.74, 6) is 0. The third kappa shape index (κ3) is 1.63. The van der Waals surface area contributed by atoms with Gasteiger partial charge in [-0.25, -0.2) is 0 Å². The summed E-state index contributed by atoms with van der Waals surface area (Å²) in [6.45, 7) is 1.96. The second-order valence-electron chi connectivity index (χ2n) is 4.64. The predicted octanol–water partition coefficient (Wildman–Crippen LogP) is 2.79. The lowest BCUT2D eigenvalue weighted by Crippen LogP contribution is -2.17. The second kappa shape index (κ2) is 4.18. The fourth-order valence-corrected chi connectivity index (χ4v) is 2.95. The van der Waals surface area contributed by atoms with Gasteiger partial charge in [0.2, 0.25) is 0 Å². The van der Waals surface area contributed by atoms with E-state index >= 15 is 0 Å². The smallest absolute Gasteiger partial charge is 0.106 e.